The van der Waals surface area contributed by atoms with Crippen molar-refractivity contribution in [2.75, 3.05) is 0 Å². The maximum atomic E-state index is 13.1. The molecule has 1 amide bonds. The monoisotopic (exact) mass is 405 g/mol. The van der Waals surface area contributed by atoms with Gasteiger partial charge in [0.15, 0.2) is 0 Å². The number of rotatable bonds is 4. The molecule has 4 rings (SSSR count). The van der Waals surface area contributed by atoms with Crippen LogP contribution in [0.4, 0.5) is 0 Å². The third kappa shape index (κ3) is 3.60. The number of hydrogen-bond donors (Lipinski definition) is 2. The summed E-state index contributed by atoms with van der Waals surface area (Å²) < 4.78 is 0. The first-order valence-corrected chi connectivity index (χ1v) is 10.7. The van der Waals surface area contributed by atoms with E-state index in [2.05, 4.69) is 6.92 Å². The van der Waals surface area contributed by atoms with E-state index in [1.165, 1.54) is 0 Å². The first-order valence-electron chi connectivity index (χ1n) is 10.7. The zero-order valence-corrected chi connectivity index (χ0v) is 17.2. The number of Topliss-reactive ketones (excluding diaryl/α,β-unsaturated/α-hetero) is 1. The van der Waals surface area contributed by atoms with E-state index in [1.54, 1.807) is 41.3 Å². The Labute approximate surface area is 176 Å². The van der Waals surface area contributed by atoms with Crippen molar-refractivity contribution in [2.45, 2.75) is 57.5 Å². The fraction of sp³-hybridized carbons (Fsp3) is 0.360. The van der Waals surface area contributed by atoms with E-state index >= 15 is 0 Å². The first-order chi connectivity index (χ1) is 14.5. The van der Waals surface area contributed by atoms with Gasteiger partial charge in [-0.2, -0.15) is 0 Å². The van der Waals surface area contributed by atoms with Gasteiger partial charge in [0, 0.05) is 11.6 Å². The summed E-state index contributed by atoms with van der Waals surface area (Å²) in [6, 6.07) is 13.3. The average molecular weight is 405 g/mol. The van der Waals surface area contributed by atoms with E-state index in [0.29, 0.717) is 11.1 Å². The Morgan fingerprint density at radius 2 is 1.60 bits per heavy atom. The van der Waals surface area contributed by atoms with Gasteiger partial charge in [-0.3, -0.25) is 9.59 Å². The van der Waals surface area contributed by atoms with Gasteiger partial charge in [0.05, 0.1) is 11.6 Å². The molecule has 1 saturated heterocycles. The van der Waals surface area contributed by atoms with Gasteiger partial charge in [0.25, 0.3) is 11.7 Å². The number of carbonyl (C=O) groups is 2. The lowest BCUT2D eigenvalue weighted by Gasteiger charge is -2.35. The van der Waals surface area contributed by atoms with E-state index in [1.807, 2.05) is 12.1 Å². The molecule has 0 aromatic heterocycles. The first kappa shape index (κ1) is 20.2. The van der Waals surface area contributed by atoms with Crippen LogP contribution < -0.4 is 0 Å². The summed E-state index contributed by atoms with van der Waals surface area (Å²) in [5.74, 6) is -1.22. The molecule has 0 bridgehead atoms. The molecule has 2 aromatic carbocycles. The molecule has 30 heavy (non-hydrogen) atoms. The second kappa shape index (κ2) is 8.34. The fourth-order valence-corrected chi connectivity index (χ4v) is 4.62. The van der Waals surface area contributed by atoms with Crippen LogP contribution in [-0.4, -0.2) is 32.8 Å². The standard InChI is InChI=1S/C25H27NO4/c1-2-16-8-10-18(11-9-16)23(28)21-22(17-12-14-20(27)15-13-17)26(25(30)24(21)29)19-6-4-3-5-7-19/h8-15,19,22,27-28H,2-7H2,1H3/b23-21-. The van der Waals surface area contributed by atoms with Crippen LogP contribution in [0.25, 0.3) is 5.76 Å². The Bertz CT molecular complexity index is 969. The number of likely N-dealkylation sites (tertiary alicyclic amines) is 1. The molecule has 1 atom stereocenters. The number of phenols is 1. The van der Waals surface area contributed by atoms with Crippen molar-refractivity contribution in [3.05, 3.63) is 70.8 Å². The van der Waals surface area contributed by atoms with Crippen LogP contribution in [-0.2, 0) is 16.0 Å². The molecule has 0 radical (unpaired) electrons. The van der Waals surface area contributed by atoms with Crippen LogP contribution in [0.2, 0.25) is 0 Å². The van der Waals surface area contributed by atoms with Crippen LogP contribution in [0.3, 0.4) is 0 Å². The van der Waals surface area contributed by atoms with Gasteiger partial charge in [-0.25, -0.2) is 0 Å². The maximum absolute atomic E-state index is 13.1. The van der Waals surface area contributed by atoms with Crippen LogP contribution in [0, 0.1) is 0 Å². The van der Waals surface area contributed by atoms with Crippen molar-refractivity contribution < 1.29 is 19.8 Å². The van der Waals surface area contributed by atoms with Crippen molar-refractivity contribution in [3.8, 4) is 5.75 Å². The van der Waals surface area contributed by atoms with E-state index in [4.69, 9.17) is 0 Å². The molecule has 1 aliphatic carbocycles. The zero-order chi connectivity index (χ0) is 21.3. The zero-order valence-electron chi connectivity index (χ0n) is 17.2. The smallest absolute Gasteiger partial charge is 0.295 e. The molecule has 2 fully saturated rings. The third-order valence-electron chi connectivity index (χ3n) is 6.29. The summed E-state index contributed by atoms with van der Waals surface area (Å²) in [5, 5.41) is 20.8. The van der Waals surface area contributed by atoms with E-state index < -0.39 is 17.7 Å². The highest BCUT2D eigenvalue weighted by atomic mass is 16.3. The van der Waals surface area contributed by atoms with Crippen LogP contribution in [0.5, 0.6) is 5.75 Å². The highest BCUT2D eigenvalue weighted by Gasteiger charge is 2.48. The van der Waals surface area contributed by atoms with Crippen molar-refractivity contribution >= 4 is 17.4 Å². The van der Waals surface area contributed by atoms with Crippen LogP contribution in [0.1, 0.15) is 61.8 Å². The fourth-order valence-electron chi connectivity index (χ4n) is 4.62. The molecule has 0 spiro atoms. The van der Waals surface area contributed by atoms with Crippen LogP contribution in [0.15, 0.2) is 54.1 Å². The van der Waals surface area contributed by atoms with Crippen molar-refractivity contribution in [1.82, 2.24) is 4.90 Å². The van der Waals surface area contributed by atoms with Gasteiger partial charge in [-0.1, -0.05) is 62.6 Å². The largest absolute Gasteiger partial charge is 0.508 e. The van der Waals surface area contributed by atoms with Gasteiger partial charge in [-0.15, -0.1) is 0 Å². The highest BCUT2D eigenvalue weighted by molar-refractivity contribution is 6.46. The quantitative estimate of drug-likeness (QED) is 0.439. The van der Waals surface area contributed by atoms with E-state index in [-0.39, 0.29) is 23.1 Å². The molecule has 1 unspecified atom stereocenters. The molecule has 5 heteroatoms. The number of aliphatic hydroxyl groups is 1. The van der Waals surface area contributed by atoms with Gasteiger partial charge in [0.1, 0.15) is 11.5 Å². The van der Waals surface area contributed by atoms with Gasteiger partial charge in [-0.05, 0) is 42.5 Å². The van der Waals surface area contributed by atoms with E-state index in [0.717, 1.165) is 44.1 Å². The van der Waals surface area contributed by atoms with E-state index in [9.17, 15) is 19.8 Å². The predicted octanol–water partition coefficient (Wildman–Crippen LogP) is 4.71. The second-order valence-electron chi connectivity index (χ2n) is 8.14. The number of phenolic OH excluding ortho intramolecular Hbond substituents is 1. The molecule has 2 aliphatic rings. The Morgan fingerprint density at radius 3 is 2.20 bits per heavy atom. The van der Waals surface area contributed by atoms with Crippen molar-refractivity contribution in [1.29, 1.82) is 0 Å². The number of amides is 1. The minimum absolute atomic E-state index is 0.0261. The lowest BCUT2D eigenvalue weighted by atomic mass is 9.91. The molecule has 1 aliphatic heterocycles. The number of hydrogen-bond acceptors (Lipinski definition) is 4. The lowest BCUT2D eigenvalue weighted by Crippen LogP contribution is -2.40. The summed E-state index contributed by atoms with van der Waals surface area (Å²) >= 11 is 0. The maximum Gasteiger partial charge on any atom is 0.295 e. The normalized spacial score (nSPS) is 21.9. The molecule has 1 saturated carbocycles. The minimum atomic E-state index is -0.653. The predicted molar refractivity (Wildman–Crippen MR) is 115 cm³/mol. The van der Waals surface area contributed by atoms with Gasteiger partial charge >= 0.3 is 0 Å². The Kier molecular flexibility index (Phi) is 5.62. The molecular weight excluding hydrogens is 378 g/mol. The number of nitrogens with zero attached hydrogens (tertiary/aromatic N) is 1. The summed E-state index contributed by atoms with van der Waals surface area (Å²) in [4.78, 5) is 27.8. The Balaban J connectivity index is 1.84. The molecule has 5 nitrogen and oxygen atoms in total. The number of aliphatic hydroxyl groups excluding tert-OH is 1. The second-order valence-corrected chi connectivity index (χ2v) is 8.14. The van der Waals surface area contributed by atoms with Gasteiger partial charge in [0.2, 0.25) is 0 Å². The van der Waals surface area contributed by atoms with Crippen molar-refractivity contribution in [3.63, 3.8) is 0 Å². The highest BCUT2D eigenvalue weighted by Crippen LogP contribution is 2.43. The molecular formula is C25H27NO4. The summed E-state index contributed by atoms with van der Waals surface area (Å²) in [7, 11) is 0. The number of benzene rings is 2. The van der Waals surface area contributed by atoms with Gasteiger partial charge < -0.3 is 15.1 Å². The average Bonchev–Trinajstić information content (AvgIpc) is 3.05. The molecule has 156 valence electrons. The topological polar surface area (TPSA) is 77.8 Å². The lowest BCUT2D eigenvalue weighted by molar-refractivity contribution is -0.141. The minimum Gasteiger partial charge on any atom is -0.508 e. The number of carbonyl (C=O) groups excluding carboxylic acids is 2. The third-order valence-corrected chi connectivity index (χ3v) is 6.29. The molecule has 1 heterocycles. The summed E-state index contributed by atoms with van der Waals surface area (Å²) in [5.41, 5.74) is 2.49. The van der Waals surface area contributed by atoms with Crippen LogP contribution >= 0.6 is 0 Å². The molecule has 2 N–H and O–H groups in total. The number of aryl methyl sites for hydroxylation is 1. The Morgan fingerprint density at radius 1 is 0.967 bits per heavy atom. The van der Waals surface area contributed by atoms with Crippen molar-refractivity contribution in [2.24, 2.45) is 0 Å². The molecule has 2 aromatic rings. The summed E-state index contributed by atoms with van der Waals surface area (Å²) in [6.07, 6.45) is 5.76. The SMILES string of the molecule is CCc1ccc(/C(O)=C2/C(=O)C(=O)N(C3CCCCC3)C2c2ccc(O)cc2)cc1. The number of aromatic hydroxyl groups is 1. The summed E-state index contributed by atoms with van der Waals surface area (Å²) in [6.45, 7) is 2.05. The number of ketones is 1. The Hall–Kier alpha value is -3.08.